The number of nitrogens with two attached hydrogens (primary N) is 1. The second-order valence-electron chi connectivity index (χ2n) is 5.01. The van der Waals surface area contributed by atoms with E-state index in [4.69, 9.17) is 5.73 Å². The Hall–Kier alpha value is -1.80. The van der Waals surface area contributed by atoms with Gasteiger partial charge in [-0.3, -0.25) is 4.79 Å². The van der Waals surface area contributed by atoms with Crippen molar-refractivity contribution in [1.29, 1.82) is 0 Å². The van der Waals surface area contributed by atoms with Crippen LogP contribution in [0.2, 0.25) is 0 Å². The summed E-state index contributed by atoms with van der Waals surface area (Å²) in [5, 5.41) is 11.8. The van der Waals surface area contributed by atoms with Crippen LogP contribution >= 0.6 is 0 Å². The normalized spacial score (nSPS) is 12.2. The maximum atomic E-state index is 12.1. The lowest BCUT2D eigenvalue weighted by Crippen LogP contribution is -2.43. The molecule has 0 spiro atoms. The van der Waals surface area contributed by atoms with E-state index in [2.05, 4.69) is 10.0 Å². The van der Waals surface area contributed by atoms with Crippen molar-refractivity contribution >= 4 is 21.6 Å². The molecule has 112 valence electrons. The Morgan fingerprint density at radius 3 is 2.50 bits per heavy atom. The highest BCUT2D eigenvalue weighted by Gasteiger charge is 2.29. The largest absolute Gasteiger partial charge is 0.506 e. The Labute approximate surface area is 118 Å². The quantitative estimate of drug-likeness (QED) is 0.451. The van der Waals surface area contributed by atoms with Crippen LogP contribution in [0.3, 0.4) is 0 Å². The molecular formula is C12H19N3O4S. The summed E-state index contributed by atoms with van der Waals surface area (Å²) >= 11 is 0. The fraction of sp³-hybridized carbons (Fsp3) is 0.417. The van der Waals surface area contributed by atoms with E-state index in [0.29, 0.717) is 0 Å². The highest BCUT2D eigenvalue weighted by atomic mass is 32.2. The molecule has 0 heterocycles. The van der Waals surface area contributed by atoms with Gasteiger partial charge in [0.15, 0.2) is 0 Å². The Morgan fingerprint density at radius 1 is 1.40 bits per heavy atom. The molecule has 8 heteroatoms. The lowest BCUT2D eigenvalue weighted by atomic mass is 9.93. The van der Waals surface area contributed by atoms with Crippen LogP contribution < -0.4 is 15.8 Å². The lowest BCUT2D eigenvalue weighted by molar-refractivity contribution is -0.128. The second-order valence-corrected chi connectivity index (χ2v) is 6.78. The highest BCUT2D eigenvalue weighted by molar-refractivity contribution is 7.89. The number of rotatable bonds is 5. The van der Waals surface area contributed by atoms with Crippen LogP contribution in [-0.2, 0) is 14.8 Å². The smallest absolute Gasteiger partial charge is 0.240 e. The van der Waals surface area contributed by atoms with Crippen LogP contribution in [0.4, 0.5) is 5.69 Å². The third-order valence-corrected chi connectivity index (χ3v) is 4.25. The summed E-state index contributed by atoms with van der Waals surface area (Å²) in [7, 11) is -2.31. The molecule has 0 saturated carbocycles. The maximum absolute atomic E-state index is 12.1. The molecule has 1 amide bonds. The van der Waals surface area contributed by atoms with E-state index < -0.39 is 15.4 Å². The molecule has 0 bridgehead atoms. The van der Waals surface area contributed by atoms with Crippen LogP contribution in [0.5, 0.6) is 5.75 Å². The zero-order valence-electron chi connectivity index (χ0n) is 11.6. The molecule has 7 nitrogen and oxygen atoms in total. The zero-order chi connectivity index (χ0) is 15.6. The highest BCUT2D eigenvalue weighted by Crippen LogP contribution is 2.23. The minimum Gasteiger partial charge on any atom is -0.506 e. The first-order valence-electron chi connectivity index (χ1n) is 5.90. The number of benzene rings is 1. The lowest BCUT2D eigenvalue weighted by Gasteiger charge is -2.22. The monoisotopic (exact) mass is 301 g/mol. The van der Waals surface area contributed by atoms with Gasteiger partial charge in [0.1, 0.15) is 5.75 Å². The van der Waals surface area contributed by atoms with Gasteiger partial charge in [0.2, 0.25) is 15.9 Å². The topological polar surface area (TPSA) is 122 Å². The SMILES string of the molecule is CNC(=O)C(C)(C)CNS(=O)(=O)c1ccc(O)c(N)c1. The van der Waals surface area contributed by atoms with Crippen LogP contribution in [0, 0.1) is 5.41 Å². The summed E-state index contributed by atoms with van der Waals surface area (Å²) in [4.78, 5) is 11.5. The number of phenolic OH excluding ortho intramolecular Hbond substituents is 1. The summed E-state index contributed by atoms with van der Waals surface area (Å²) in [5.41, 5.74) is 4.55. The first kappa shape index (κ1) is 16.3. The number of hydrogen-bond acceptors (Lipinski definition) is 5. The molecule has 0 aliphatic carbocycles. The van der Waals surface area contributed by atoms with Crippen molar-refractivity contribution < 1.29 is 18.3 Å². The van der Waals surface area contributed by atoms with Crippen molar-refractivity contribution in [2.24, 2.45) is 5.41 Å². The standard InChI is InChI=1S/C12H19N3O4S/c1-12(2,11(17)14-3)7-15-20(18,19)8-4-5-10(16)9(13)6-8/h4-6,15-16H,7,13H2,1-3H3,(H,14,17). The molecule has 0 aromatic heterocycles. The van der Waals surface area contributed by atoms with E-state index in [1.165, 1.54) is 19.2 Å². The number of aromatic hydroxyl groups is 1. The van der Waals surface area contributed by atoms with Crippen molar-refractivity contribution in [3.8, 4) is 5.75 Å². The third-order valence-electron chi connectivity index (χ3n) is 2.86. The number of amides is 1. The van der Waals surface area contributed by atoms with Crippen molar-refractivity contribution in [3.63, 3.8) is 0 Å². The summed E-state index contributed by atoms with van der Waals surface area (Å²) in [6.45, 7) is 3.19. The van der Waals surface area contributed by atoms with Gasteiger partial charge >= 0.3 is 0 Å². The zero-order valence-corrected chi connectivity index (χ0v) is 12.4. The minimum atomic E-state index is -3.80. The van der Waals surface area contributed by atoms with E-state index in [9.17, 15) is 18.3 Å². The Bertz CT molecular complexity index is 611. The molecule has 20 heavy (non-hydrogen) atoms. The van der Waals surface area contributed by atoms with Crippen LogP contribution in [0.1, 0.15) is 13.8 Å². The molecule has 1 rings (SSSR count). The fourth-order valence-corrected chi connectivity index (χ4v) is 2.72. The minimum absolute atomic E-state index is 0.0292. The van der Waals surface area contributed by atoms with Gasteiger partial charge < -0.3 is 16.2 Å². The Kier molecular flexibility index (Phi) is 4.61. The first-order chi connectivity index (χ1) is 9.10. The molecule has 0 atom stereocenters. The summed E-state index contributed by atoms with van der Waals surface area (Å²) in [6, 6.07) is 3.60. The summed E-state index contributed by atoms with van der Waals surface area (Å²) in [6.07, 6.45) is 0. The van der Waals surface area contributed by atoms with Gasteiger partial charge in [0, 0.05) is 13.6 Å². The molecule has 0 fully saturated rings. The first-order valence-corrected chi connectivity index (χ1v) is 7.39. The predicted molar refractivity (Wildman–Crippen MR) is 75.6 cm³/mol. The molecule has 5 N–H and O–H groups in total. The van der Waals surface area contributed by atoms with Crippen molar-refractivity contribution in [1.82, 2.24) is 10.0 Å². The number of sulfonamides is 1. The van der Waals surface area contributed by atoms with Crippen molar-refractivity contribution in [2.45, 2.75) is 18.7 Å². The van der Waals surface area contributed by atoms with Crippen LogP contribution in [0.15, 0.2) is 23.1 Å². The third kappa shape index (κ3) is 3.61. The van der Waals surface area contributed by atoms with Crippen LogP contribution in [-0.4, -0.2) is 33.0 Å². The molecule has 0 unspecified atom stereocenters. The fourth-order valence-electron chi connectivity index (χ4n) is 1.48. The van der Waals surface area contributed by atoms with Crippen molar-refractivity contribution in [3.05, 3.63) is 18.2 Å². The predicted octanol–water partition coefficient (Wildman–Crippen LogP) is 0.0249. The molecule has 0 radical (unpaired) electrons. The average molecular weight is 301 g/mol. The van der Waals surface area contributed by atoms with Gasteiger partial charge in [-0.15, -0.1) is 0 Å². The van der Waals surface area contributed by atoms with Gasteiger partial charge in [-0.05, 0) is 32.0 Å². The number of carbonyl (C=O) groups is 1. The Balaban J connectivity index is 2.91. The van der Waals surface area contributed by atoms with Crippen LogP contribution in [0.25, 0.3) is 0 Å². The molecule has 0 saturated heterocycles. The molecule has 1 aromatic rings. The average Bonchev–Trinajstić information content (AvgIpc) is 2.38. The summed E-state index contributed by atoms with van der Waals surface area (Å²) < 4.78 is 26.5. The molecule has 0 aliphatic rings. The van der Waals surface area contributed by atoms with E-state index in [1.54, 1.807) is 13.8 Å². The summed E-state index contributed by atoms with van der Waals surface area (Å²) in [5.74, 6) is -0.458. The van der Waals surface area contributed by atoms with Gasteiger partial charge in [0.25, 0.3) is 0 Å². The number of hydrogen-bond donors (Lipinski definition) is 4. The molecule has 0 aliphatic heterocycles. The number of carbonyl (C=O) groups excluding carboxylic acids is 1. The van der Waals surface area contributed by atoms with E-state index in [-0.39, 0.29) is 28.8 Å². The number of anilines is 1. The van der Waals surface area contributed by atoms with E-state index >= 15 is 0 Å². The van der Waals surface area contributed by atoms with Crippen molar-refractivity contribution in [2.75, 3.05) is 19.3 Å². The number of phenols is 1. The molecule has 1 aromatic carbocycles. The number of nitrogen functional groups attached to an aromatic ring is 1. The number of nitrogens with one attached hydrogen (secondary N) is 2. The van der Waals surface area contributed by atoms with Gasteiger partial charge in [-0.2, -0.15) is 0 Å². The van der Waals surface area contributed by atoms with E-state index in [0.717, 1.165) is 6.07 Å². The van der Waals surface area contributed by atoms with Gasteiger partial charge in [0.05, 0.1) is 16.0 Å². The van der Waals surface area contributed by atoms with Gasteiger partial charge in [-0.1, -0.05) is 0 Å². The van der Waals surface area contributed by atoms with E-state index in [1.807, 2.05) is 0 Å². The molecular weight excluding hydrogens is 282 g/mol. The Morgan fingerprint density at radius 2 is 2.00 bits per heavy atom. The second kappa shape index (κ2) is 5.68. The maximum Gasteiger partial charge on any atom is 0.240 e. The van der Waals surface area contributed by atoms with Gasteiger partial charge in [-0.25, -0.2) is 13.1 Å².